The Bertz CT molecular complexity index is 1280. The number of benzene rings is 2. The first kappa shape index (κ1) is 30.8. The molecular weight excluding hydrogens is 528 g/mol. The van der Waals surface area contributed by atoms with E-state index in [0.717, 1.165) is 11.1 Å². The van der Waals surface area contributed by atoms with Crippen LogP contribution in [0.2, 0.25) is 0 Å². The summed E-state index contributed by atoms with van der Waals surface area (Å²) in [5.74, 6) is -3.21. The predicted molar refractivity (Wildman–Crippen MR) is 145 cm³/mol. The molecule has 0 bridgehead atoms. The second-order valence-corrected chi connectivity index (χ2v) is 8.84. The van der Waals surface area contributed by atoms with Crippen LogP contribution >= 0.6 is 11.3 Å². The molecule has 2 aromatic carbocycles. The van der Waals surface area contributed by atoms with Crippen molar-refractivity contribution >= 4 is 40.2 Å². The molecule has 3 aromatic rings. The van der Waals surface area contributed by atoms with E-state index in [9.17, 15) is 9.59 Å². The molecule has 0 saturated carbocycles. The summed E-state index contributed by atoms with van der Waals surface area (Å²) in [6.07, 6.45) is 0. The van der Waals surface area contributed by atoms with Crippen LogP contribution in [-0.2, 0) is 25.7 Å². The van der Waals surface area contributed by atoms with Crippen molar-refractivity contribution in [2.24, 2.45) is 0 Å². The first-order valence-electron chi connectivity index (χ1n) is 11.6. The van der Waals surface area contributed by atoms with Crippen LogP contribution in [0, 0.1) is 0 Å². The lowest BCUT2D eigenvalue weighted by molar-refractivity contribution is -0.159. The van der Waals surface area contributed by atoms with Gasteiger partial charge in [0.2, 0.25) is 5.91 Å². The topological polar surface area (TPSA) is 152 Å². The van der Waals surface area contributed by atoms with Crippen LogP contribution in [0.3, 0.4) is 0 Å². The maximum Gasteiger partial charge on any atom is 0.414 e. The van der Waals surface area contributed by atoms with Crippen LogP contribution in [0.15, 0.2) is 53.9 Å². The number of likely N-dealkylation sites (N-methyl/N-ethyl adjacent to an activating group) is 1. The summed E-state index contributed by atoms with van der Waals surface area (Å²) in [4.78, 5) is 45.7. The van der Waals surface area contributed by atoms with Gasteiger partial charge < -0.3 is 29.7 Å². The molecule has 0 spiro atoms. The van der Waals surface area contributed by atoms with Crippen molar-refractivity contribution in [1.82, 2.24) is 4.90 Å². The summed E-state index contributed by atoms with van der Waals surface area (Å²) < 4.78 is 16.0. The Morgan fingerprint density at radius 2 is 1.59 bits per heavy atom. The first-order chi connectivity index (χ1) is 18.6. The number of anilines is 1. The smallest absolute Gasteiger partial charge is 0.414 e. The number of rotatable bonds is 10. The molecule has 0 aliphatic carbocycles. The summed E-state index contributed by atoms with van der Waals surface area (Å²) in [6.45, 7) is 2.80. The zero-order valence-corrected chi connectivity index (χ0v) is 22.7. The number of aliphatic carboxylic acids is 2. The molecule has 0 fully saturated rings. The summed E-state index contributed by atoms with van der Waals surface area (Å²) in [5, 5.41) is 20.0. The fourth-order valence-electron chi connectivity index (χ4n) is 3.43. The summed E-state index contributed by atoms with van der Waals surface area (Å²) in [6, 6.07) is 15.3. The molecule has 0 aliphatic rings. The van der Waals surface area contributed by atoms with Crippen LogP contribution in [0.4, 0.5) is 5.00 Å². The van der Waals surface area contributed by atoms with Crippen molar-refractivity contribution in [3.63, 3.8) is 0 Å². The monoisotopic (exact) mass is 558 g/mol. The van der Waals surface area contributed by atoms with Gasteiger partial charge >= 0.3 is 17.9 Å². The van der Waals surface area contributed by atoms with E-state index >= 15 is 0 Å². The Morgan fingerprint density at radius 1 is 0.949 bits per heavy atom. The third-order valence-electron chi connectivity index (χ3n) is 5.11. The minimum absolute atomic E-state index is 0.181. The number of amides is 1. The third kappa shape index (κ3) is 9.13. The normalized spacial score (nSPS) is 10.2. The molecule has 11 nitrogen and oxygen atoms in total. The number of nitrogens with one attached hydrogen (secondary N) is 1. The number of hydrogen-bond donors (Lipinski definition) is 3. The number of hydrogen-bond acceptors (Lipinski definition) is 9. The zero-order chi connectivity index (χ0) is 28.9. The Morgan fingerprint density at radius 3 is 2.15 bits per heavy atom. The lowest BCUT2D eigenvalue weighted by Gasteiger charge is -2.16. The highest BCUT2D eigenvalue weighted by Crippen LogP contribution is 2.39. The molecule has 0 unspecified atom stereocenters. The molecule has 0 aliphatic heterocycles. The van der Waals surface area contributed by atoms with E-state index in [-0.39, 0.29) is 19.1 Å². The number of thiophene rings is 1. The SMILES string of the molecule is CCOC(=O)c1c(-c2ccc(OC)c(OC)c2)csc1NC(=O)CN(C)Cc1ccccc1.O=C(O)C(=O)O. The average Bonchev–Trinajstić information content (AvgIpc) is 3.32. The highest BCUT2D eigenvalue weighted by molar-refractivity contribution is 7.15. The van der Waals surface area contributed by atoms with Crippen molar-refractivity contribution in [2.45, 2.75) is 13.5 Å². The molecule has 1 amide bonds. The van der Waals surface area contributed by atoms with Crippen molar-refractivity contribution in [1.29, 1.82) is 0 Å². The van der Waals surface area contributed by atoms with Gasteiger partial charge in [-0.25, -0.2) is 14.4 Å². The molecule has 0 atom stereocenters. The van der Waals surface area contributed by atoms with Crippen molar-refractivity contribution in [3.8, 4) is 22.6 Å². The Kier molecular flexibility index (Phi) is 11.9. The molecule has 0 radical (unpaired) electrons. The van der Waals surface area contributed by atoms with Gasteiger partial charge in [0.1, 0.15) is 10.6 Å². The number of carboxylic acid groups (broad SMARTS) is 2. The van der Waals surface area contributed by atoms with Crippen molar-refractivity contribution < 1.29 is 43.6 Å². The summed E-state index contributed by atoms with van der Waals surface area (Å²) >= 11 is 1.28. The lowest BCUT2D eigenvalue weighted by atomic mass is 10.0. The number of ether oxygens (including phenoxy) is 3. The van der Waals surface area contributed by atoms with E-state index in [2.05, 4.69) is 5.32 Å². The molecule has 208 valence electrons. The van der Waals surface area contributed by atoms with E-state index in [1.54, 1.807) is 33.3 Å². The van der Waals surface area contributed by atoms with Gasteiger partial charge in [-0.2, -0.15) is 0 Å². The van der Waals surface area contributed by atoms with Crippen LogP contribution < -0.4 is 14.8 Å². The highest BCUT2D eigenvalue weighted by Gasteiger charge is 2.24. The minimum atomic E-state index is -1.82. The molecule has 1 aromatic heterocycles. The first-order valence-corrected chi connectivity index (χ1v) is 12.5. The number of carbonyl (C=O) groups is 4. The molecule has 0 saturated heterocycles. The number of carboxylic acids is 2. The van der Waals surface area contributed by atoms with E-state index in [4.69, 9.17) is 34.0 Å². The van der Waals surface area contributed by atoms with Crippen LogP contribution in [-0.4, -0.2) is 73.3 Å². The zero-order valence-electron chi connectivity index (χ0n) is 21.9. The van der Waals surface area contributed by atoms with Crippen molar-refractivity contribution in [2.75, 3.05) is 39.7 Å². The van der Waals surface area contributed by atoms with Crippen molar-refractivity contribution in [3.05, 3.63) is 65.0 Å². The van der Waals surface area contributed by atoms with E-state index < -0.39 is 17.9 Å². The highest BCUT2D eigenvalue weighted by atomic mass is 32.1. The van der Waals surface area contributed by atoms with Gasteiger partial charge in [-0.1, -0.05) is 36.4 Å². The van der Waals surface area contributed by atoms with Crippen LogP contribution in [0.1, 0.15) is 22.8 Å². The van der Waals surface area contributed by atoms with E-state index in [0.29, 0.717) is 34.2 Å². The molecule has 1 heterocycles. The quantitative estimate of drug-likeness (QED) is 0.247. The third-order valence-corrected chi connectivity index (χ3v) is 6.01. The Labute approximate surface area is 229 Å². The van der Waals surface area contributed by atoms with Gasteiger partial charge in [-0.05, 0) is 37.2 Å². The molecule has 3 N–H and O–H groups in total. The fourth-order valence-corrected chi connectivity index (χ4v) is 4.41. The van der Waals surface area contributed by atoms with Crippen LogP contribution in [0.25, 0.3) is 11.1 Å². The van der Waals surface area contributed by atoms with Gasteiger partial charge in [0.15, 0.2) is 11.5 Å². The van der Waals surface area contributed by atoms with E-state index in [1.165, 1.54) is 11.3 Å². The fraction of sp³-hybridized carbons (Fsp3) is 0.259. The standard InChI is InChI=1S/C25H28N2O5S.C2H2O4/c1-5-32-25(29)23-19(18-11-12-20(30-3)21(13-18)31-4)16-33-24(23)26-22(28)15-27(2)14-17-9-7-6-8-10-17;3-1(4)2(5)6/h6-13,16H,5,14-15H2,1-4H3,(H,26,28);(H,3,4)(H,5,6). The Hall–Kier alpha value is -4.42. The Balaban J connectivity index is 0.000000798. The molecule has 3 rings (SSSR count). The van der Waals surface area contributed by atoms with Crippen LogP contribution in [0.5, 0.6) is 11.5 Å². The molecular formula is C27H30N2O9S. The summed E-state index contributed by atoms with van der Waals surface area (Å²) in [5.41, 5.74) is 2.86. The number of methoxy groups -OCH3 is 2. The molecule has 12 heteroatoms. The number of carbonyl (C=O) groups excluding carboxylic acids is 2. The number of nitrogens with zero attached hydrogens (tertiary/aromatic N) is 1. The van der Waals surface area contributed by atoms with Gasteiger partial charge in [0.05, 0.1) is 27.4 Å². The minimum Gasteiger partial charge on any atom is -0.493 e. The van der Waals surface area contributed by atoms with Gasteiger partial charge in [-0.15, -0.1) is 11.3 Å². The second kappa shape index (κ2) is 15.1. The largest absolute Gasteiger partial charge is 0.493 e. The van der Waals surface area contributed by atoms with Gasteiger partial charge in [0, 0.05) is 17.5 Å². The van der Waals surface area contributed by atoms with Gasteiger partial charge in [-0.3, -0.25) is 9.69 Å². The lowest BCUT2D eigenvalue weighted by Crippen LogP contribution is -2.30. The maximum atomic E-state index is 12.8. The number of esters is 1. The average molecular weight is 559 g/mol. The molecule has 39 heavy (non-hydrogen) atoms. The van der Waals surface area contributed by atoms with Gasteiger partial charge in [0.25, 0.3) is 0 Å². The van der Waals surface area contributed by atoms with E-state index in [1.807, 2.05) is 53.7 Å². The second-order valence-electron chi connectivity index (χ2n) is 7.96. The summed E-state index contributed by atoms with van der Waals surface area (Å²) in [7, 11) is 5.00. The predicted octanol–water partition coefficient (Wildman–Crippen LogP) is 3.84. The maximum absolute atomic E-state index is 12.8.